The van der Waals surface area contributed by atoms with Crippen molar-refractivity contribution in [2.24, 2.45) is 0 Å². The van der Waals surface area contributed by atoms with Crippen LogP contribution in [-0.2, 0) is 29.2 Å². The molecular weight excluding hydrogens is 689 g/mol. The van der Waals surface area contributed by atoms with Crippen LogP contribution < -0.4 is 0 Å². The van der Waals surface area contributed by atoms with Gasteiger partial charge in [0.1, 0.15) is 12.5 Å². The normalized spacial score (nSPS) is 11.8. The van der Waals surface area contributed by atoms with Gasteiger partial charge in [-0.2, -0.15) is 0 Å². The fourth-order valence-electron chi connectivity index (χ4n) is 5.62. The van der Waals surface area contributed by atoms with Gasteiger partial charge >= 0.3 is 37.7 Å². The smallest absolute Gasteiger partial charge is 0.716 e. The molecule has 0 amide bonds. The third-order valence-electron chi connectivity index (χ3n) is 8.49. The van der Waals surface area contributed by atoms with E-state index in [0.717, 1.165) is 51.0 Å². The van der Waals surface area contributed by atoms with Crippen molar-refractivity contribution in [3.05, 3.63) is 24.7 Å². The molecule has 0 aliphatic rings. The van der Waals surface area contributed by atoms with Crippen LogP contribution in [0.5, 0.6) is 0 Å². The quantitative estimate of drug-likeness (QED) is 0.0202. The van der Waals surface area contributed by atoms with E-state index in [1.807, 2.05) is 0 Å². The maximum atomic E-state index is 10.2. The Kier molecular flexibility index (Phi) is 46.5. The minimum Gasteiger partial charge on any atom is -0.716 e. The van der Waals surface area contributed by atoms with E-state index in [4.69, 9.17) is 0 Å². The Balaban J connectivity index is -0.000000846. The SMILES string of the molecule is CCCCCCCCCCCCCCCCC/C=C/OS(=O)(=O)[O-].CCCCCCCCCCCCCCCCC/C=C/OS(=O)(=O)[O-].[Ca+2]. The molecule has 0 saturated carbocycles. The number of allylic oxidation sites excluding steroid dienone is 2. The molecule has 0 heterocycles. The fourth-order valence-corrected chi connectivity index (χ4v) is 6.05. The second-order valence-corrected chi connectivity index (χ2v) is 15.2. The zero-order valence-electron chi connectivity index (χ0n) is 31.7. The molecule has 0 atom stereocenters. The first-order valence-corrected chi connectivity index (χ1v) is 22.4. The van der Waals surface area contributed by atoms with Crippen LogP contribution in [0, 0.1) is 0 Å². The van der Waals surface area contributed by atoms with Crippen LogP contribution in [0.2, 0.25) is 0 Å². The van der Waals surface area contributed by atoms with Crippen molar-refractivity contribution < 1.29 is 34.3 Å². The Morgan fingerprint density at radius 3 is 0.735 bits per heavy atom. The molecule has 0 aliphatic heterocycles. The van der Waals surface area contributed by atoms with E-state index in [2.05, 4.69) is 22.2 Å². The number of hydrogen-bond donors (Lipinski definition) is 0. The molecule has 0 fully saturated rings. The summed E-state index contributed by atoms with van der Waals surface area (Å²) in [4.78, 5) is 0. The van der Waals surface area contributed by atoms with Gasteiger partial charge in [-0.25, -0.2) is 16.8 Å². The molecule has 0 aromatic rings. The van der Waals surface area contributed by atoms with Crippen molar-refractivity contribution in [3.63, 3.8) is 0 Å². The van der Waals surface area contributed by atoms with Gasteiger partial charge in [-0.3, -0.25) is 0 Å². The summed E-state index contributed by atoms with van der Waals surface area (Å²) >= 11 is 0. The average Bonchev–Trinajstić information content (AvgIpc) is 3.03. The minimum atomic E-state index is -4.58. The van der Waals surface area contributed by atoms with E-state index < -0.39 is 20.8 Å². The average molecular weight is 763 g/mol. The Hall–Kier alpha value is 0.160. The summed E-state index contributed by atoms with van der Waals surface area (Å²) in [5, 5.41) is 0. The van der Waals surface area contributed by atoms with Gasteiger partial charge in [0.05, 0.1) is 0 Å². The largest absolute Gasteiger partial charge is 2.00 e. The van der Waals surface area contributed by atoms with Gasteiger partial charge in [-0.1, -0.05) is 194 Å². The summed E-state index contributed by atoms with van der Waals surface area (Å²) in [6.07, 6.45) is 46.5. The number of hydrogen-bond acceptors (Lipinski definition) is 8. The van der Waals surface area contributed by atoms with Gasteiger partial charge in [-0.05, 0) is 37.8 Å². The first-order chi connectivity index (χ1) is 23.1. The summed E-state index contributed by atoms with van der Waals surface area (Å²) in [5.74, 6) is 0. The van der Waals surface area contributed by atoms with Crippen LogP contribution in [0.1, 0.15) is 219 Å². The number of rotatable bonds is 36. The molecule has 49 heavy (non-hydrogen) atoms. The fraction of sp³-hybridized carbons (Fsp3) is 0.895. The van der Waals surface area contributed by atoms with E-state index >= 15 is 0 Å². The van der Waals surface area contributed by atoms with Gasteiger partial charge in [-0.15, -0.1) is 0 Å². The van der Waals surface area contributed by atoms with Crippen LogP contribution in [-0.4, -0.2) is 63.7 Å². The number of unbranched alkanes of at least 4 members (excludes halogenated alkanes) is 30. The topological polar surface area (TPSA) is 133 Å². The van der Waals surface area contributed by atoms with Crippen molar-refractivity contribution in [1.82, 2.24) is 0 Å². The molecular formula is C38H74CaO8S2. The predicted octanol–water partition coefficient (Wildman–Crippen LogP) is 12.1. The summed E-state index contributed by atoms with van der Waals surface area (Å²) in [6.45, 7) is 4.52. The van der Waals surface area contributed by atoms with Crippen molar-refractivity contribution >= 4 is 58.5 Å². The van der Waals surface area contributed by atoms with E-state index in [1.165, 1.54) is 167 Å². The van der Waals surface area contributed by atoms with E-state index in [9.17, 15) is 25.9 Å². The minimum absolute atomic E-state index is 0. The van der Waals surface area contributed by atoms with Gasteiger partial charge in [0.2, 0.25) is 0 Å². The van der Waals surface area contributed by atoms with Crippen molar-refractivity contribution in [2.45, 2.75) is 219 Å². The summed E-state index contributed by atoms with van der Waals surface area (Å²) in [7, 11) is -9.17. The maximum absolute atomic E-state index is 10.2. The molecule has 288 valence electrons. The van der Waals surface area contributed by atoms with E-state index in [0.29, 0.717) is 0 Å². The Labute approximate surface area is 334 Å². The predicted molar refractivity (Wildman–Crippen MR) is 205 cm³/mol. The van der Waals surface area contributed by atoms with Crippen LogP contribution in [0.25, 0.3) is 0 Å². The molecule has 0 spiro atoms. The molecule has 0 N–H and O–H groups in total. The maximum Gasteiger partial charge on any atom is 2.00 e. The summed E-state index contributed by atoms with van der Waals surface area (Å²) in [6, 6.07) is 0. The molecule has 0 aromatic carbocycles. The molecule has 0 unspecified atom stereocenters. The molecule has 11 heteroatoms. The molecule has 0 aliphatic carbocycles. The zero-order chi connectivity index (χ0) is 35.9. The van der Waals surface area contributed by atoms with Crippen LogP contribution >= 0.6 is 0 Å². The third kappa shape index (κ3) is 57.7. The van der Waals surface area contributed by atoms with Crippen molar-refractivity contribution in [2.75, 3.05) is 0 Å². The van der Waals surface area contributed by atoms with Crippen molar-refractivity contribution in [3.8, 4) is 0 Å². The molecule has 8 nitrogen and oxygen atoms in total. The molecule has 0 aromatic heterocycles. The van der Waals surface area contributed by atoms with Gasteiger partial charge in [0, 0.05) is 0 Å². The van der Waals surface area contributed by atoms with Crippen LogP contribution in [0.4, 0.5) is 0 Å². The molecule has 0 bridgehead atoms. The zero-order valence-corrected chi connectivity index (χ0v) is 35.6. The van der Waals surface area contributed by atoms with Gasteiger partial charge in [0.15, 0.2) is 0 Å². The first-order valence-electron chi connectivity index (χ1n) is 19.7. The molecule has 0 saturated heterocycles. The van der Waals surface area contributed by atoms with Crippen molar-refractivity contribution in [1.29, 1.82) is 0 Å². The Morgan fingerprint density at radius 1 is 0.367 bits per heavy atom. The Morgan fingerprint density at radius 2 is 0.551 bits per heavy atom. The first kappa shape index (κ1) is 53.5. The molecule has 0 rings (SSSR count). The Bertz CT molecular complexity index is 835. The van der Waals surface area contributed by atoms with Gasteiger partial charge in [0.25, 0.3) is 20.8 Å². The molecule has 0 radical (unpaired) electrons. The van der Waals surface area contributed by atoms with E-state index in [-0.39, 0.29) is 37.7 Å². The monoisotopic (exact) mass is 762 g/mol. The van der Waals surface area contributed by atoms with Gasteiger partial charge < -0.3 is 17.5 Å². The summed E-state index contributed by atoms with van der Waals surface area (Å²) < 4.78 is 69.0. The standard InChI is InChI=1S/2C19H38O4S.Ca/c2*1-2-3-4-5-6-7-8-9-10-11-12-13-14-15-16-17-18-19-23-24(20,21)22;/h2*18-19H,2-17H2,1H3,(H,20,21,22);/q;;+2/p-2/b2*19-18+;. The van der Waals surface area contributed by atoms with E-state index in [1.54, 1.807) is 12.2 Å². The third-order valence-corrected chi connectivity index (χ3v) is 9.18. The second-order valence-electron chi connectivity index (χ2n) is 13.2. The van der Waals surface area contributed by atoms with Crippen LogP contribution in [0.15, 0.2) is 24.7 Å². The van der Waals surface area contributed by atoms with Crippen LogP contribution in [0.3, 0.4) is 0 Å². The summed E-state index contributed by atoms with van der Waals surface area (Å²) in [5.41, 5.74) is 0. The second kappa shape index (κ2) is 42.6.